The molecule has 3 aliphatic rings. The molecular formula is C14H26N2. The van der Waals surface area contributed by atoms with Crippen molar-refractivity contribution in [3.63, 3.8) is 0 Å². The van der Waals surface area contributed by atoms with E-state index in [1.807, 2.05) is 0 Å². The molecule has 0 spiro atoms. The summed E-state index contributed by atoms with van der Waals surface area (Å²) in [6.07, 6.45) is 11.5. The lowest BCUT2D eigenvalue weighted by molar-refractivity contribution is 0.251. The van der Waals surface area contributed by atoms with Crippen molar-refractivity contribution in [2.75, 3.05) is 6.54 Å². The van der Waals surface area contributed by atoms with Crippen molar-refractivity contribution in [3.8, 4) is 0 Å². The van der Waals surface area contributed by atoms with Gasteiger partial charge in [-0.15, -0.1) is 0 Å². The van der Waals surface area contributed by atoms with Crippen LogP contribution in [0.15, 0.2) is 0 Å². The van der Waals surface area contributed by atoms with Crippen LogP contribution >= 0.6 is 0 Å². The van der Waals surface area contributed by atoms with E-state index in [9.17, 15) is 0 Å². The second-order valence-corrected chi connectivity index (χ2v) is 6.21. The van der Waals surface area contributed by atoms with Gasteiger partial charge in [0.15, 0.2) is 0 Å². The lowest BCUT2D eigenvalue weighted by Gasteiger charge is -2.26. The van der Waals surface area contributed by atoms with Gasteiger partial charge in [-0.2, -0.15) is 0 Å². The molecule has 2 aliphatic carbocycles. The Morgan fingerprint density at radius 3 is 2.38 bits per heavy atom. The third-order valence-corrected chi connectivity index (χ3v) is 4.72. The van der Waals surface area contributed by atoms with Gasteiger partial charge in [-0.05, 0) is 39.0 Å². The fourth-order valence-corrected chi connectivity index (χ4v) is 3.69. The summed E-state index contributed by atoms with van der Waals surface area (Å²) in [5.41, 5.74) is 0. The third kappa shape index (κ3) is 2.43. The summed E-state index contributed by atoms with van der Waals surface area (Å²) in [5, 5.41) is 3.92. The quantitative estimate of drug-likeness (QED) is 0.789. The van der Waals surface area contributed by atoms with Crippen LogP contribution in [0.5, 0.6) is 0 Å². The minimum atomic E-state index is 0.790. The first-order valence-corrected chi connectivity index (χ1v) is 7.35. The smallest absolute Gasteiger partial charge is 0.0212 e. The highest BCUT2D eigenvalue weighted by Crippen LogP contribution is 2.33. The van der Waals surface area contributed by atoms with Gasteiger partial charge in [0.05, 0.1) is 0 Å². The van der Waals surface area contributed by atoms with Gasteiger partial charge in [0.1, 0.15) is 0 Å². The fourth-order valence-electron chi connectivity index (χ4n) is 3.69. The largest absolute Gasteiger partial charge is 0.310 e. The SMILES string of the molecule is CC1CC(NC2CCCCC2)CN1C1CC1. The molecular weight excluding hydrogens is 196 g/mol. The summed E-state index contributed by atoms with van der Waals surface area (Å²) in [7, 11) is 0. The summed E-state index contributed by atoms with van der Waals surface area (Å²) in [6, 6.07) is 3.41. The van der Waals surface area contributed by atoms with E-state index in [2.05, 4.69) is 17.1 Å². The van der Waals surface area contributed by atoms with Crippen LogP contribution < -0.4 is 5.32 Å². The molecule has 1 heterocycles. The van der Waals surface area contributed by atoms with Gasteiger partial charge >= 0.3 is 0 Å². The van der Waals surface area contributed by atoms with Gasteiger partial charge in [0.25, 0.3) is 0 Å². The standard InChI is InChI=1S/C14H26N2/c1-11-9-13(10-16(11)14-7-8-14)15-12-5-3-2-4-6-12/h11-15H,2-10H2,1H3. The predicted octanol–water partition coefficient (Wildman–Crippen LogP) is 2.53. The molecule has 0 bridgehead atoms. The zero-order chi connectivity index (χ0) is 11.0. The van der Waals surface area contributed by atoms with Crippen LogP contribution in [0.25, 0.3) is 0 Å². The lowest BCUT2D eigenvalue weighted by atomic mass is 9.94. The average Bonchev–Trinajstić information content (AvgIpc) is 3.06. The molecule has 2 heteroatoms. The molecule has 92 valence electrons. The van der Waals surface area contributed by atoms with E-state index in [4.69, 9.17) is 0 Å². The molecule has 1 aliphatic heterocycles. The summed E-state index contributed by atoms with van der Waals surface area (Å²) >= 11 is 0. The fraction of sp³-hybridized carbons (Fsp3) is 1.00. The highest BCUT2D eigenvalue weighted by molar-refractivity contribution is 4.96. The third-order valence-electron chi connectivity index (χ3n) is 4.72. The molecule has 16 heavy (non-hydrogen) atoms. The summed E-state index contributed by atoms with van der Waals surface area (Å²) in [4.78, 5) is 2.75. The molecule has 2 atom stereocenters. The Bertz CT molecular complexity index is 231. The number of hydrogen-bond acceptors (Lipinski definition) is 2. The zero-order valence-electron chi connectivity index (χ0n) is 10.6. The molecule has 3 fully saturated rings. The minimum absolute atomic E-state index is 0.790. The molecule has 0 radical (unpaired) electrons. The lowest BCUT2D eigenvalue weighted by Crippen LogP contribution is -2.41. The van der Waals surface area contributed by atoms with Gasteiger partial charge in [-0.25, -0.2) is 0 Å². The van der Waals surface area contributed by atoms with Gasteiger partial charge < -0.3 is 5.32 Å². The van der Waals surface area contributed by atoms with E-state index in [0.29, 0.717) is 0 Å². The van der Waals surface area contributed by atoms with Crippen molar-refractivity contribution < 1.29 is 0 Å². The monoisotopic (exact) mass is 222 g/mol. The van der Waals surface area contributed by atoms with Gasteiger partial charge in [-0.3, -0.25) is 4.90 Å². The molecule has 1 saturated heterocycles. The van der Waals surface area contributed by atoms with Crippen molar-refractivity contribution in [2.45, 2.75) is 82.5 Å². The number of likely N-dealkylation sites (tertiary alicyclic amines) is 1. The normalized spacial score (nSPS) is 38.1. The van der Waals surface area contributed by atoms with Crippen molar-refractivity contribution in [2.24, 2.45) is 0 Å². The Balaban J connectivity index is 1.48. The van der Waals surface area contributed by atoms with Crippen LogP contribution in [0.4, 0.5) is 0 Å². The molecule has 0 aromatic carbocycles. The first-order chi connectivity index (χ1) is 7.83. The van der Waals surface area contributed by atoms with Crippen LogP contribution in [0.2, 0.25) is 0 Å². The first-order valence-electron chi connectivity index (χ1n) is 7.35. The van der Waals surface area contributed by atoms with Crippen LogP contribution in [0.3, 0.4) is 0 Å². The number of hydrogen-bond donors (Lipinski definition) is 1. The summed E-state index contributed by atoms with van der Waals surface area (Å²) in [6.45, 7) is 3.74. The zero-order valence-corrected chi connectivity index (χ0v) is 10.6. The van der Waals surface area contributed by atoms with E-state index in [-0.39, 0.29) is 0 Å². The number of nitrogens with zero attached hydrogens (tertiary/aromatic N) is 1. The van der Waals surface area contributed by atoms with Crippen LogP contribution in [0.1, 0.15) is 58.3 Å². The predicted molar refractivity (Wildman–Crippen MR) is 67.6 cm³/mol. The van der Waals surface area contributed by atoms with E-state index >= 15 is 0 Å². The average molecular weight is 222 g/mol. The highest BCUT2D eigenvalue weighted by Gasteiger charge is 2.39. The van der Waals surface area contributed by atoms with Gasteiger partial charge in [-0.1, -0.05) is 19.3 Å². The van der Waals surface area contributed by atoms with Crippen LogP contribution in [0, 0.1) is 0 Å². The minimum Gasteiger partial charge on any atom is -0.310 e. The van der Waals surface area contributed by atoms with Crippen molar-refractivity contribution in [3.05, 3.63) is 0 Å². The Kier molecular flexibility index (Phi) is 3.21. The molecule has 2 saturated carbocycles. The molecule has 0 amide bonds. The molecule has 0 aromatic rings. The molecule has 3 rings (SSSR count). The summed E-state index contributed by atoms with van der Waals surface area (Å²) < 4.78 is 0. The molecule has 2 nitrogen and oxygen atoms in total. The Hall–Kier alpha value is -0.0800. The Labute approximate surface area is 99.8 Å². The Morgan fingerprint density at radius 2 is 1.69 bits per heavy atom. The highest BCUT2D eigenvalue weighted by atomic mass is 15.3. The maximum absolute atomic E-state index is 3.92. The van der Waals surface area contributed by atoms with Gasteiger partial charge in [0.2, 0.25) is 0 Å². The van der Waals surface area contributed by atoms with E-state index in [1.54, 1.807) is 0 Å². The van der Waals surface area contributed by atoms with Crippen molar-refractivity contribution in [1.82, 2.24) is 10.2 Å². The van der Waals surface area contributed by atoms with E-state index < -0.39 is 0 Å². The maximum atomic E-state index is 3.92. The van der Waals surface area contributed by atoms with E-state index in [0.717, 1.165) is 24.2 Å². The summed E-state index contributed by atoms with van der Waals surface area (Å²) in [5.74, 6) is 0. The van der Waals surface area contributed by atoms with Crippen LogP contribution in [-0.2, 0) is 0 Å². The molecule has 2 unspecified atom stereocenters. The van der Waals surface area contributed by atoms with Gasteiger partial charge in [0, 0.05) is 30.7 Å². The maximum Gasteiger partial charge on any atom is 0.0212 e. The number of nitrogens with one attached hydrogen (secondary N) is 1. The Morgan fingerprint density at radius 1 is 0.938 bits per heavy atom. The first kappa shape index (κ1) is 11.0. The topological polar surface area (TPSA) is 15.3 Å². The van der Waals surface area contributed by atoms with Crippen molar-refractivity contribution in [1.29, 1.82) is 0 Å². The number of rotatable bonds is 3. The molecule has 0 aromatic heterocycles. The second-order valence-electron chi connectivity index (χ2n) is 6.21. The second kappa shape index (κ2) is 4.66. The van der Waals surface area contributed by atoms with Crippen molar-refractivity contribution >= 4 is 0 Å². The molecule has 1 N–H and O–H groups in total. The van der Waals surface area contributed by atoms with Crippen LogP contribution in [-0.4, -0.2) is 35.6 Å². The van der Waals surface area contributed by atoms with E-state index in [1.165, 1.54) is 57.9 Å².